The van der Waals surface area contributed by atoms with Crippen molar-refractivity contribution in [1.82, 2.24) is 14.5 Å². The highest BCUT2D eigenvalue weighted by molar-refractivity contribution is 6.04. The lowest BCUT2D eigenvalue weighted by atomic mass is 9.98. The highest BCUT2D eigenvalue weighted by Crippen LogP contribution is 2.33. The van der Waals surface area contributed by atoms with Crippen LogP contribution in [-0.4, -0.2) is 47.7 Å². The third kappa shape index (κ3) is 7.44. The molecule has 9 heteroatoms. The van der Waals surface area contributed by atoms with Crippen LogP contribution in [0.2, 0.25) is 0 Å². The molecule has 4 aromatic rings. The van der Waals surface area contributed by atoms with Gasteiger partial charge in [-0.3, -0.25) is 19.3 Å². The number of nitrogens with zero attached hydrogens (tertiary/aromatic N) is 2. The fraction of sp³-hybridized carbons (Fsp3) is 0.306. The number of H-pyrrole nitrogens is 1. The maximum absolute atomic E-state index is 12.9. The maximum atomic E-state index is 12.9. The Labute approximate surface area is 262 Å². The molecular weight excluding hydrogens is 568 g/mol. The van der Waals surface area contributed by atoms with Crippen LogP contribution in [0.25, 0.3) is 12.2 Å². The van der Waals surface area contributed by atoms with Crippen molar-refractivity contribution in [1.29, 1.82) is 0 Å². The van der Waals surface area contributed by atoms with E-state index in [1.165, 1.54) is 21.3 Å². The molecule has 5 rings (SSSR count). The molecule has 1 aromatic heterocycles. The lowest BCUT2D eigenvalue weighted by Crippen LogP contribution is -2.52. The van der Waals surface area contributed by atoms with Gasteiger partial charge < -0.3 is 24.3 Å². The Morgan fingerprint density at radius 3 is 2.29 bits per heavy atom. The number of aromatic amines is 1. The molecule has 0 saturated carbocycles. The molecule has 2 N–H and O–H groups in total. The molecule has 1 aliphatic heterocycles. The first-order valence-electron chi connectivity index (χ1n) is 15.1. The van der Waals surface area contributed by atoms with Gasteiger partial charge in [-0.05, 0) is 83.5 Å². The van der Waals surface area contributed by atoms with Crippen LogP contribution in [0.5, 0.6) is 11.5 Å². The number of fused-ring (bicyclic) bond motifs is 1. The molecule has 0 atom stereocenters. The molecule has 3 aromatic carbocycles. The summed E-state index contributed by atoms with van der Waals surface area (Å²) in [4.78, 5) is 43.4. The number of aromatic nitrogens is 2. The van der Waals surface area contributed by atoms with Crippen LogP contribution in [0, 0.1) is 5.92 Å². The van der Waals surface area contributed by atoms with Crippen molar-refractivity contribution in [3.05, 3.63) is 120 Å². The number of nitrogens with one attached hydrogen (secondary N) is 2. The van der Waals surface area contributed by atoms with E-state index in [0.717, 1.165) is 44.0 Å². The summed E-state index contributed by atoms with van der Waals surface area (Å²) >= 11 is 0. The SMILES string of the molecule is COc1cc2c(cc1OC)CN(CCc1ccc(NC(=O)c3ccc(/C=c4\[nH]c(=O)/c(=C/C(C)C)n(C)c4=O)cc3)cc1)CC2. The van der Waals surface area contributed by atoms with E-state index in [1.807, 2.05) is 38.1 Å². The van der Waals surface area contributed by atoms with Gasteiger partial charge in [-0.1, -0.05) is 44.2 Å². The smallest absolute Gasteiger partial charge is 0.274 e. The first kappa shape index (κ1) is 31.5. The summed E-state index contributed by atoms with van der Waals surface area (Å²) in [6.45, 7) is 6.70. The molecule has 0 saturated heterocycles. The average Bonchev–Trinajstić information content (AvgIpc) is 3.04. The summed E-state index contributed by atoms with van der Waals surface area (Å²) in [5.74, 6) is 1.43. The van der Waals surface area contributed by atoms with E-state index >= 15 is 0 Å². The Morgan fingerprint density at radius 1 is 0.978 bits per heavy atom. The van der Waals surface area contributed by atoms with Gasteiger partial charge in [-0.15, -0.1) is 0 Å². The van der Waals surface area contributed by atoms with Crippen molar-refractivity contribution >= 4 is 23.7 Å². The molecule has 9 nitrogen and oxygen atoms in total. The largest absolute Gasteiger partial charge is 0.493 e. The van der Waals surface area contributed by atoms with Crippen molar-refractivity contribution in [3.63, 3.8) is 0 Å². The normalized spacial score (nSPS) is 14.0. The Morgan fingerprint density at radius 2 is 1.64 bits per heavy atom. The van der Waals surface area contributed by atoms with Gasteiger partial charge in [-0.2, -0.15) is 0 Å². The summed E-state index contributed by atoms with van der Waals surface area (Å²) in [6.07, 6.45) is 5.25. The Bertz CT molecular complexity index is 1920. The number of hydrogen-bond donors (Lipinski definition) is 2. The summed E-state index contributed by atoms with van der Waals surface area (Å²) in [6, 6.07) is 19.0. The van der Waals surface area contributed by atoms with E-state index in [9.17, 15) is 14.4 Å². The summed E-state index contributed by atoms with van der Waals surface area (Å²) in [5.41, 5.74) is 5.06. The second-order valence-electron chi connectivity index (χ2n) is 11.7. The van der Waals surface area contributed by atoms with E-state index in [2.05, 4.69) is 27.3 Å². The zero-order valence-electron chi connectivity index (χ0n) is 26.5. The van der Waals surface area contributed by atoms with Crippen LogP contribution < -0.4 is 36.6 Å². The van der Waals surface area contributed by atoms with Crippen molar-refractivity contribution in [2.45, 2.75) is 33.2 Å². The number of hydrogen-bond acceptors (Lipinski definition) is 6. The zero-order chi connectivity index (χ0) is 32.1. The molecule has 2 heterocycles. The van der Waals surface area contributed by atoms with Crippen molar-refractivity contribution in [2.75, 3.05) is 32.6 Å². The summed E-state index contributed by atoms with van der Waals surface area (Å²) in [5, 5.41) is 3.47. The van der Waals surface area contributed by atoms with Crippen LogP contribution in [0.15, 0.2) is 70.3 Å². The number of methoxy groups -OCH3 is 2. The molecule has 0 spiro atoms. The number of carbonyl (C=O) groups excluding carboxylic acids is 1. The number of benzene rings is 3. The van der Waals surface area contributed by atoms with Crippen LogP contribution in [-0.2, 0) is 26.4 Å². The minimum absolute atomic E-state index is 0.129. The van der Waals surface area contributed by atoms with Gasteiger partial charge in [0.25, 0.3) is 17.0 Å². The van der Waals surface area contributed by atoms with Crippen LogP contribution in [0.3, 0.4) is 0 Å². The van der Waals surface area contributed by atoms with Gasteiger partial charge in [0, 0.05) is 37.9 Å². The van der Waals surface area contributed by atoms with Crippen molar-refractivity contribution in [2.24, 2.45) is 13.0 Å². The summed E-state index contributed by atoms with van der Waals surface area (Å²) in [7, 11) is 4.92. The van der Waals surface area contributed by atoms with Gasteiger partial charge >= 0.3 is 0 Å². The van der Waals surface area contributed by atoms with E-state index < -0.39 is 0 Å². The van der Waals surface area contributed by atoms with Gasteiger partial charge in [0.1, 0.15) is 10.7 Å². The molecule has 45 heavy (non-hydrogen) atoms. The predicted octanol–water partition coefficient (Wildman–Crippen LogP) is 3.21. The van der Waals surface area contributed by atoms with Crippen LogP contribution in [0.1, 0.15) is 46.5 Å². The van der Waals surface area contributed by atoms with Gasteiger partial charge in [0.2, 0.25) is 0 Å². The van der Waals surface area contributed by atoms with Gasteiger partial charge in [0.15, 0.2) is 11.5 Å². The van der Waals surface area contributed by atoms with Crippen molar-refractivity contribution in [3.8, 4) is 11.5 Å². The molecular formula is C36H40N4O5. The Hall–Kier alpha value is -4.89. The second kappa shape index (κ2) is 13.8. The molecule has 234 valence electrons. The molecule has 0 aliphatic carbocycles. The number of ether oxygens (including phenoxy) is 2. The average molecular weight is 609 g/mol. The number of rotatable bonds is 9. The fourth-order valence-electron chi connectivity index (χ4n) is 5.56. The molecule has 1 amide bonds. The minimum atomic E-state index is -0.321. The van der Waals surface area contributed by atoms with E-state index in [1.54, 1.807) is 57.7 Å². The third-order valence-electron chi connectivity index (χ3n) is 8.08. The standard InChI is InChI=1S/C36H40N4O5/c1-23(2)18-31-35(42)38-30(36(43)39(31)3)19-25-6-10-26(11-7-25)34(41)37-29-12-8-24(9-13-29)14-16-40-17-15-27-20-32(44-4)33(45-5)21-28(27)22-40/h6-13,18-21,23H,14-17,22H2,1-5H3,(H,37,41)(H,38,42)/b30-19-,31-18-. The maximum Gasteiger partial charge on any atom is 0.274 e. The minimum Gasteiger partial charge on any atom is -0.493 e. The van der Waals surface area contributed by atoms with E-state index in [4.69, 9.17) is 9.47 Å². The number of anilines is 1. The van der Waals surface area contributed by atoms with E-state index in [0.29, 0.717) is 22.2 Å². The Kier molecular flexibility index (Phi) is 9.68. The molecule has 1 aliphatic rings. The molecule has 0 radical (unpaired) electrons. The topological polar surface area (TPSA) is 106 Å². The summed E-state index contributed by atoms with van der Waals surface area (Å²) < 4.78 is 12.3. The highest BCUT2D eigenvalue weighted by atomic mass is 16.5. The second-order valence-corrected chi connectivity index (χ2v) is 11.7. The van der Waals surface area contributed by atoms with Gasteiger partial charge in [-0.25, -0.2) is 0 Å². The van der Waals surface area contributed by atoms with Crippen molar-refractivity contribution < 1.29 is 14.3 Å². The first-order chi connectivity index (χ1) is 21.6. The lowest BCUT2D eigenvalue weighted by Gasteiger charge is -2.29. The quantitative estimate of drug-likeness (QED) is 0.303. The molecule has 0 unspecified atom stereocenters. The van der Waals surface area contributed by atoms with E-state index in [-0.39, 0.29) is 28.3 Å². The lowest BCUT2D eigenvalue weighted by molar-refractivity contribution is 0.102. The zero-order valence-corrected chi connectivity index (χ0v) is 26.5. The highest BCUT2D eigenvalue weighted by Gasteiger charge is 2.19. The Balaban J connectivity index is 1.18. The first-order valence-corrected chi connectivity index (χ1v) is 15.1. The predicted molar refractivity (Wildman–Crippen MR) is 177 cm³/mol. The molecule has 0 bridgehead atoms. The number of amides is 1. The fourth-order valence-corrected chi connectivity index (χ4v) is 5.56. The van der Waals surface area contributed by atoms with Crippen LogP contribution in [0.4, 0.5) is 5.69 Å². The monoisotopic (exact) mass is 608 g/mol. The van der Waals surface area contributed by atoms with Gasteiger partial charge in [0.05, 0.1) is 14.2 Å². The third-order valence-corrected chi connectivity index (χ3v) is 8.08. The van der Waals surface area contributed by atoms with Crippen LogP contribution >= 0.6 is 0 Å². The number of carbonyl (C=O) groups is 1. The molecule has 0 fully saturated rings.